The van der Waals surface area contributed by atoms with Crippen molar-refractivity contribution in [2.45, 2.75) is 33.6 Å². The Hall–Kier alpha value is -1.31. The van der Waals surface area contributed by atoms with E-state index in [9.17, 15) is 4.79 Å². The summed E-state index contributed by atoms with van der Waals surface area (Å²) in [7, 11) is 0. The smallest absolute Gasteiger partial charge is 0.308 e. The third-order valence-corrected chi connectivity index (χ3v) is 2.47. The highest BCUT2D eigenvalue weighted by Gasteiger charge is 2.02. The minimum absolute atomic E-state index is 0.273. The van der Waals surface area contributed by atoms with Gasteiger partial charge in [-0.25, -0.2) is 0 Å². The van der Waals surface area contributed by atoms with E-state index in [0.29, 0.717) is 11.7 Å². The van der Waals surface area contributed by atoms with Gasteiger partial charge in [0, 0.05) is 6.92 Å². The van der Waals surface area contributed by atoms with Crippen molar-refractivity contribution in [3.8, 4) is 5.75 Å². The Morgan fingerprint density at radius 2 is 1.93 bits per heavy atom. The lowest BCUT2D eigenvalue weighted by Crippen LogP contribution is -2.02. The first-order valence-corrected chi connectivity index (χ1v) is 5.39. The molecule has 0 aromatic heterocycles. The number of hydrogen-bond acceptors (Lipinski definition) is 2. The van der Waals surface area contributed by atoms with Crippen LogP contribution in [0.5, 0.6) is 5.75 Å². The van der Waals surface area contributed by atoms with Gasteiger partial charge < -0.3 is 4.74 Å². The van der Waals surface area contributed by atoms with Crippen molar-refractivity contribution < 1.29 is 9.53 Å². The lowest BCUT2D eigenvalue weighted by atomic mass is 9.99. The molecule has 0 N–H and O–H groups in total. The first kappa shape index (κ1) is 11.8. The number of carbonyl (C=O) groups excluding carboxylic acids is 1. The standard InChI is InChI=1S/C13H18O2/c1-4-10(2)9-12-5-7-13(8-6-12)15-11(3)14/h5-8,10H,4,9H2,1-3H3. The highest BCUT2D eigenvalue weighted by atomic mass is 16.5. The molecule has 1 atom stereocenters. The molecule has 2 nitrogen and oxygen atoms in total. The number of rotatable bonds is 4. The number of hydrogen-bond donors (Lipinski definition) is 0. The summed E-state index contributed by atoms with van der Waals surface area (Å²) in [5.74, 6) is 1.05. The fraction of sp³-hybridized carbons (Fsp3) is 0.462. The Morgan fingerprint density at radius 3 is 2.40 bits per heavy atom. The highest BCUT2D eigenvalue weighted by molar-refractivity contribution is 5.69. The number of esters is 1. The van der Waals surface area contributed by atoms with E-state index in [1.807, 2.05) is 24.3 Å². The molecule has 82 valence electrons. The van der Waals surface area contributed by atoms with Crippen LogP contribution in [0.4, 0.5) is 0 Å². The Kier molecular flexibility index (Phi) is 4.35. The minimum Gasteiger partial charge on any atom is -0.427 e. The van der Waals surface area contributed by atoms with E-state index in [4.69, 9.17) is 4.74 Å². The zero-order valence-corrected chi connectivity index (χ0v) is 9.62. The van der Waals surface area contributed by atoms with Crippen molar-refractivity contribution in [3.63, 3.8) is 0 Å². The molecular formula is C13H18O2. The van der Waals surface area contributed by atoms with Crippen molar-refractivity contribution in [1.82, 2.24) is 0 Å². The zero-order chi connectivity index (χ0) is 11.3. The fourth-order valence-electron chi connectivity index (χ4n) is 1.41. The van der Waals surface area contributed by atoms with E-state index in [2.05, 4.69) is 13.8 Å². The van der Waals surface area contributed by atoms with Gasteiger partial charge in [-0.05, 0) is 30.0 Å². The summed E-state index contributed by atoms with van der Waals surface area (Å²) in [5, 5.41) is 0. The van der Waals surface area contributed by atoms with Crippen LogP contribution in [0.25, 0.3) is 0 Å². The molecule has 0 heterocycles. The molecule has 1 aromatic carbocycles. The van der Waals surface area contributed by atoms with E-state index in [1.54, 1.807) is 0 Å². The maximum Gasteiger partial charge on any atom is 0.308 e. The molecule has 0 aliphatic carbocycles. The zero-order valence-electron chi connectivity index (χ0n) is 9.62. The molecule has 2 heteroatoms. The van der Waals surface area contributed by atoms with Crippen molar-refractivity contribution in [2.24, 2.45) is 5.92 Å². The maximum absolute atomic E-state index is 10.7. The van der Waals surface area contributed by atoms with Crippen molar-refractivity contribution in [2.75, 3.05) is 0 Å². The van der Waals surface area contributed by atoms with Crippen LogP contribution < -0.4 is 4.74 Å². The summed E-state index contributed by atoms with van der Waals surface area (Å²) in [6, 6.07) is 7.73. The predicted molar refractivity (Wildman–Crippen MR) is 60.9 cm³/mol. The van der Waals surface area contributed by atoms with Crippen LogP contribution in [-0.4, -0.2) is 5.97 Å². The Balaban J connectivity index is 2.60. The first-order valence-electron chi connectivity index (χ1n) is 5.39. The van der Waals surface area contributed by atoms with Crippen LogP contribution in [-0.2, 0) is 11.2 Å². The van der Waals surface area contributed by atoms with Gasteiger partial charge in [-0.3, -0.25) is 4.79 Å². The minimum atomic E-state index is -0.273. The van der Waals surface area contributed by atoms with Crippen molar-refractivity contribution >= 4 is 5.97 Å². The average Bonchev–Trinajstić information content (AvgIpc) is 2.20. The van der Waals surface area contributed by atoms with Gasteiger partial charge in [0.25, 0.3) is 0 Å². The molecule has 1 aromatic rings. The van der Waals surface area contributed by atoms with Crippen LogP contribution in [0.3, 0.4) is 0 Å². The molecule has 1 unspecified atom stereocenters. The normalized spacial score (nSPS) is 12.2. The Bertz CT molecular complexity index is 314. The molecular weight excluding hydrogens is 188 g/mol. The summed E-state index contributed by atoms with van der Waals surface area (Å²) < 4.78 is 4.96. The predicted octanol–water partition coefficient (Wildman–Crippen LogP) is 3.20. The molecule has 15 heavy (non-hydrogen) atoms. The van der Waals surface area contributed by atoms with Crippen molar-refractivity contribution in [1.29, 1.82) is 0 Å². The van der Waals surface area contributed by atoms with Crippen LogP contribution in [0.1, 0.15) is 32.8 Å². The van der Waals surface area contributed by atoms with Gasteiger partial charge in [0.05, 0.1) is 0 Å². The lowest BCUT2D eigenvalue weighted by Gasteiger charge is -2.08. The molecule has 0 amide bonds. The topological polar surface area (TPSA) is 26.3 Å². The molecule has 0 spiro atoms. The van der Waals surface area contributed by atoms with Gasteiger partial charge in [0.15, 0.2) is 0 Å². The van der Waals surface area contributed by atoms with E-state index < -0.39 is 0 Å². The summed E-state index contributed by atoms with van der Waals surface area (Å²) in [4.78, 5) is 10.7. The van der Waals surface area contributed by atoms with E-state index in [0.717, 1.165) is 6.42 Å². The van der Waals surface area contributed by atoms with Gasteiger partial charge in [-0.2, -0.15) is 0 Å². The maximum atomic E-state index is 10.7. The van der Waals surface area contributed by atoms with Crippen LogP contribution in [0.2, 0.25) is 0 Å². The first-order chi connectivity index (χ1) is 7.11. The molecule has 0 saturated carbocycles. The number of ether oxygens (including phenoxy) is 1. The number of carbonyl (C=O) groups is 1. The third kappa shape index (κ3) is 4.15. The van der Waals surface area contributed by atoms with Crippen LogP contribution in [0, 0.1) is 5.92 Å². The lowest BCUT2D eigenvalue weighted by molar-refractivity contribution is -0.131. The Labute approximate surface area is 91.3 Å². The second kappa shape index (κ2) is 5.54. The van der Waals surface area contributed by atoms with E-state index in [-0.39, 0.29) is 5.97 Å². The monoisotopic (exact) mass is 206 g/mol. The summed E-state index contributed by atoms with van der Waals surface area (Å²) >= 11 is 0. The summed E-state index contributed by atoms with van der Waals surface area (Å²) in [5.41, 5.74) is 1.29. The van der Waals surface area contributed by atoms with Crippen LogP contribution in [0.15, 0.2) is 24.3 Å². The second-order valence-corrected chi connectivity index (χ2v) is 3.96. The van der Waals surface area contributed by atoms with Gasteiger partial charge in [-0.15, -0.1) is 0 Å². The molecule has 0 aliphatic heterocycles. The van der Waals surface area contributed by atoms with Crippen molar-refractivity contribution in [3.05, 3.63) is 29.8 Å². The number of benzene rings is 1. The largest absolute Gasteiger partial charge is 0.427 e. The van der Waals surface area contributed by atoms with Crippen LogP contribution >= 0.6 is 0 Å². The molecule has 0 fully saturated rings. The molecule has 0 bridgehead atoms. The molecule has 0 saturated heterocycles. The van der Waals surface area contributed by atoms with Gasteiger partial charge in [-0.1, -0.05) is 32.4 Å². The average molecular weight is 206 g/mol. The summed E-state index contributed by atoms with van der Waals surface area (Å²) in [6.45, 7) is 5.84. The summed E-state index contributed by atoms with van der Waals surface area (Å²) in [6.07, 6.45) is 2.27. The van der Waals surface area contributed by atoms with E-state index >= 15 is 0 Å². The quantitative estimate of drug-likeness (QED) is 0.558. The second-order valence-electron chi connectivity index (χ2n) is 3.96. The molecule has 1 rings (SSSR count). The molecule has 0 aliphatic rings. The fourth-order valence-corrected chi connectivity index (χ4v) is 1.41. The highest BCUT2D eigenvalue weighted by Crippen LogP contribution is 2.16. The SMILES string of the molecule is CCC(C)Cc1ccc(OC(C)=O)cc1. The van der Waals surface area contributed by atoms with Gasteiger partial charge in [0.2, 0.25) is 0 Å². The third-order valence-electron chi connectivity index (χ3n) is 2.47. The van der Waals surface area contributed by atoms with Gasteiger partial charge >= 0.3 is 5.97 Å². The van der Waals surface area contributed by atoms with Gasteiger partial charge in [0.1, 0.15) is 5.75 Å². The molecule has 0 radical (unpaired) electrons. The Morgan fingerprint density at radius 1 is 1.33 bits per heavy atom. The van der Waals surface area contributed by atoms with E-state index in [1.165, 1.54) is 18.9 Å².